The smallest absolute Gasteiger partial charge is 0.267 e. The summed E-state index contributed by atoms with van der Waals surface area (Å²) in [5.41, 5.74) is 3.40. The lowest BCUT2D eigenvalue weighted by molar-refractivity contribution is -0.152. The van der Waals surface area contributed by atoms with Crippen molar-refractivity contribution in [3.8, 4) is 0 Å². The fourth-order valence-corrected chi connectivity index (χ4v) is 6.02. The van der Waals surface area contributed by atoms with E-state index in [0.29, 0.717) is 0 Å². The Morgan fingerprint density at radius 2 is 1.85 bits per heavy atom. The maximum absolute atomic E-state index is 11.0. The van der Waals surface area contributed by atoms with Crippen LogP contribution in [0.4, 0.5) is 0 Å². The van der Waals surface area contributed by atoms with Crippen LogP contribution in [0.1, 0.15) is 49.7 Å². The van der Waals surface area contributed by atoms with Gasteiger partial charge in [-0.2, -0.15) is 0 Å². The zero-order valence-electron chi connectivity index (χ0n) is 15.7. The van der Waals surface area contributed by atoms with Crippen LogP contribution in [0.2, 0.25) is 0 Å². The van der Waals surface area contributed by atoms with Crippen LogP contribution >= 0.6 is 0 Å². The summed E-state index contributed by atoms with van der Waals surface area (Å²) >= 11 is 0. The van der Waals surface area contributed by atoms with Crippen molar-refractivity contribution >= 4 is 12.0 Å². The van der Waals surface area contributed by atoms with Crippen LogP contribution in [0.5, 0.6) is 0 Å². The number of carbonyl (C=O) groups is 1. The van der Waals surface area contributed by atoms with Gasteiger partial charge in [0, 0.05) is 12.6 Å². The standard InChI is InChI=1S/C22H30N2O3/c25-21(24-27)6-5-15-1-3-16(4-2-15)14-23-8-7-20-18-9-17-10-19(20)13-22(26,11-17)12-18/h1-6,17-20,23,26-27H,7-14H2,(H,24,25). The Balaban J connectivity index is 1.22. The lowest BCUT2D eigenvalue weighted by atomic mass is 9.49. The van der Waals surface area contributed by atoms with Crippen molar-refractivity contribution < 1.29 is 15.1 Å². The van der Waals surface area contributed by atoms with Gasteiger partial charge in [-0.3, -0.25) is 10.0 Å². The topological polar surface area (TPSA) is 81.6 Å². The third kappa shape index (κ3) is 4.26. The van der Waals surface area contributed by atoms with Crippen LogP contribution in [0, 0.1) is 23.7 Å². The maximum Gasteiger partial charge on any atom is 0.267 e. The minimum absolute atomic E-state index is 0.325. The van der Waals surface area contributed by atoms with Crippen LogP contribution in [0.25, 0.3) is 6.08 Å². The zero-order valence-corrected chi connectivity index (χ0v) is 15.7. The third-order valence-corrected chi connectivity index (χ3v) is 6.94. The molecule has 1 aromatic rings. The van der Waals surface area contributed by atoms with E-state index >= 15 is 0 Å². The number of benzene rings is 1. The monoisotopic (exact) mass is 370 g/mol. The molecule has 5 heteroatoms. The van der Waals surface area contributed by atoms with Gasteiger partial charge < -0.3 is 10.4 Å². The molecule has 27 heavy (non-hydrogen) atoms. The van der Waals surface area contributed by atoms with Gasteiger partial charge in [0.15, 0.2) is 0 Å². The fraction of sp³-hybridized carbons (Fsp3) is 0.591. The predicted octanol–water partition coefficient (Wildman–Crippen LogP) is 2.87. The SMILES string of the molecule is O=C(C=Cc1ccc(CNCCC2C3CC4CC2CC(O)(C4)C3)cc1)NO. The summed E-state index contributed by atoms with van der Waals surface area (Å²) in [5.74, 6) is 2.53. The molecule has 4 fully saturated rings. The number of carbonyl (C=O) groups excluding carboxylic acids is 1. The van der Waals surface area contributed by atoms with Gasteiger partial charge in [-0.15, -0.1) is 0 Å². The van der Waals surface area contributed by atoms with E-state index < -0.39 is 5.91 Å². The fourth-order valence-electron chi connectivity index (χ4n) is 6.02. The minimum Gasteiger partial charge on any atom is -0.390 e. The zero-order chi connectivity index (χ0) is 18.9. The second kappa shape index (κ2) is 7.74. The average Bonchev–Trinajstić information content (AvgIpc) is 2.64. The van der Waals surface area contributed by atoms with Gasteiger partial charge in [0.25, 0.3) is 5.91 Å². The minimum atomic E-state index is -0.530. The molecule has 0 radical (unpaired) electrons. The van der Waals surface area contributed by atoms with Crippen molar-refractivity contribution in [2.24, 2.45) is 23.7 Å². The van der Waals surface area contributed by atoms with E-state index in [1.54, 1.807) is 11.6 Å². The molecule has 0 saturated heterocycles. The van der Waals surface area contributed by atoms with Crippen LogP contribution in [0.15, 0.2) is 30.3 Å². The van der Waals surface area contributed by atoms with Crippen molar-refractivity contribution in [3.63, 3.8) is 0 Å². The molecule has 1 amide bonds. The number of aliphatic hydroxyl groups is 1. The Hall–Kier alpha value is -1.69. The lowest BCUT2D eigenvalue weighted by Crippen LogP contribution is -2.54. The van der Waals surface area contributed by atoms with E-state index in [0.717, 1.165) is 61.6 Å². The van der Waals surface area contributed by atoms with Gasteiger partial charge in [0.1, 0.15) is 0 Å². The molecule has 2 unspecified atom stereocenters. The second-order valence-corrected chi connectivity index (χ2v) is 8.87. The number of hydrogen-bond acceptors (Lipinski definition) is 4. The molecule has 5 rings (SSSR count). The van der Waals surface area contributed by atoms with Gasteiger partial charge >= 0.3 is 0 Å². The van der Waals surface area contributed by atoms with Crippen LogP contribution in [0.3, 0.4) is 0 Å². The molecule has 4 aliphatic carbocycles. The second-order valence-electron chi connectivity index (χ2n) is 8.87. The van der Waals surface area contributed by atoms with E-state index in [-0.39, 0.29) is 5.60 Å². The molecule has 5 nitrogen and oxygen atoms in total. The number of hydroxylamine groups is 1. The van der Waals surface area contributed by atoms with Crippen molar-refractivity contribution in [1.29, 1.82) is 0 Å². The van der Waals surface area contributed by atoms with Gasteiger partial charge in [-0.1, -0.05) is 24.3 Å². The van der Waals surface area contributed by atoms with Gasteiger partial charge in [-0.25, -0.2) is 5.48 Å². The molecule has 4 aliphatic rings. The molecule has 2 atom stereocenters. The van der Waals surface area contributed by atoms with Crippen molar-refractivity contribution in [2.45, 2.75) is 50.7 Å². The first kappa shape index (κ1) is 18.7. The molecule has 146 valence electrons. The van der Waals surface area contributed by atoms with Crippen molar-refractivity contribution in [3.05, 3.63) is 41.5 Å². The Morgan fingerprint density at radius 3 is 2.48 bits per heavy atom. The van der Waals surface area contributed by atoms with E-state index in [2.05, 4.69) is 17.4 Å². The number of nitrogens with one attached hydrogen (secondary N) is 2. The van der Waals surface area contributed by atoms with Crippen molar-refractivity contribution in [2.75, 3.05) is 6.54 Å². The first-order valence-electron chi connectivity index (χ1n) is 10.2. The molecule has 1 aromatic carbocycles. The summed E-state index contributed by atoms with van der Waals surface area (Å²) < 4.78 is 0. The summed E-state index contributed by atoms with van der Waals surface area (Å²) in [5, 5.41) is 22.7. The van der Waals surface area contributed by atoms with Gasteiger partial charge in [-0.05, 0) is 85.9 Å². The highest BCUT2D eigenvalue weighted by atomic mass is 16.5. The normalized spacial score (nSPS) is 34.3. The highest BCUT2D eigenvalue weighted by molar-refractivity contribution is 5.90. The highest BCUT2D eigenvalue weighted by Crippen LogP contribution is 2.58. The molecule has 4 N–H and O–H groups in total. The number of hydrogen-bond donors (Lipinski definition) is 4. The van der Waals surface area contributed by atoms with E-state index in [9.17, 15) is 9.90 Å². The number of rotatable bonds is 7. The highest BCUT2D eigenvalue weighted by Gasteiger charge is 2.54. The Kier molecular flexibility index (Phi) is 5.35. The summed E-state index contributed by atoms with van der Waals surface area (Å²) in [4.78, 5) is 11.0. The molecule has 0 aromatic heterocycles. The Morgan fingerprint density at radius 1 is 1.15 bits per heavy atom. The predicted molar refractivity (Wildman–Crippen MR) is 104 cm³/mol. The third-order valence-electron chi connectivity index (χ3n) is 6.94. The largest absolute Gasteiger partial charge is 0.390 e. The first-order chi connectivity index (χ1) is 13.0. The summed E-state index contributed by atoms with van der Waals surface area (Å²) in [7, 11) is 0. The molecule has 0 spiro atoms. The Labute approximate surface area is 160 Å². The molecule has 0 aliphatic heterocycles. The quantitative estimate of drug-likeness (QED) is 0.257. The van der Waals surface area contributed by atoms with Crippen LogP contribution in [-0.2, 0) is 11.3 Å². The van der Waals surface area contributed by atoms with Crippen LogP contribution < -0.4 is 10.8 Å². The molecular weight excluding hydrogens is 340 g/mol. The average molecular weight is 370 g/mol. The molecule has 4 saturated carbocycles. The first-order valence-corrected chi connectivity index (χ1v) is 10.2. The Bertz CT molecular complexity index is 684. The van der Waals surface area contributed by atoms with E-state index in [1.165, 1.54) is 30.9 Å². The molecule has 0 heterocycles. The number of amides is 1. The molecular formula is C22H30N2O3. The summed E-state index contributed by atoms with van der Waals surface area (Å²) in [6.07, 6.45) is 10.00. The van der Waals surface area contributed by atoms with E-state index in [4.69, 9.17) is 5.21 Å². The van der Waals surface area contributed by atoms with E-state index in [1.807, 2.05) is 12.1 Å². The lowest BCUT2D eigenvalue weighted by Gasteiger charge is -2.58. The van der Waals surface area contributed by atoms with Crippen LogP contribution in [-0.4, -0.2) is 28.4 Å². The van der Waals surface area contributed by atoms with Gasteiger partial charge in [0.2, 0.25) is 0 Å². The summed E-state index contributed by atoms with van der Waals surface area (Å²) in [6, 6.07) is 8.05. The van der Waals surface area contributed by atoms with Gasteiger partial charge in [0.05, 0.1) is 5.60 Å². The van der Waals surface area contributed by atoms with Crippen molar-refractivity contribution in [1.82, 2.24) is 10.8 Å². The molecule has 4 bridgehead atoms. The maximum atomic E-state index is 11.0. The summed E-state index contributed by atoms with van der Waals surface area (Å²) in [6.45, 7) is 1.87.